The minimum absolute atomic E-state index is 0.0212. The van der Waals surface area contributed by atoms with Gasteiger partial charge in [0.25, 0.3) is 5.56 Å². The fourth-order valence-electron chi connectivity index (χ4n) is 4.08. The molecule has 3 rings (SSSR count). The predicted octanol–water partition coefficient (Wildman–Crippen LogP) is 4.27. The van der Waals surface area contributed by atoms with Crippen molar-refractivity contribution in [3.05, 3.63) is 39.9 Å². The number of hydrogen-bond donors (Lipinski definition) is 0. The number of fused-ring (bicyclic) bond motifs is 1. The van der Waals surface area contributed by atoms with Gasteiger partial charge in [-0.1, -0.05) is 20.3 Å². The number of rotatable bonds is 5. The lowest BCUT2D eigenvalue weighted by Crippen LogP contribution is -2.40. The van der Waals surface area contributed by atoms with E-state index in [1.54, 1.807) is 0 Å². The van der Waals surface area contributed by atoms with Crippen LogP contribution in [-0.2, 0) is 6.54 Å². The average Bonchev–Trinajstić information content (AvgIpc) is 2.62. The summed E-state index contributed by atoms with van der Waals surface area (Å²) in [5.41, 5.74) is -0.254. The summed E-state index contributed by atoms with van der Waals surface area (Å²) in [6.07, 6.45) is 4.19. The van der Waals surface area contributed by atoms with Crippen LogP contribution in [0.2, 0.25) is 0 Å². The van der Waals surface area contributed by atoms with Gasteiger partial charge in [-0.2, -0.15) is 0 Å². The second-order valence-corrected chi connectivity index (χ2v) is 7.32. The molecule has 0 radical (unpaired) electrons. The summed E-state index contributed by atoms with van der Waals surface area (Å²) in [7, 11) is 0. The number of nitrogens with zero attached hydrogens (tertiary/aromatic N) is 3. The van der Waals surface area contributed by atoms with E-state index in [1.807, 2.05) is 6.92 Å². The molecular weight excluding hydrogens is 336 g/mol. The van der Waals surface area contributed by atoms with Crippen molar-refractivity contribution in [3.63, 3.8) is 0 Å². The third-order valence-electron chi connectivity index (χ3n) is 5.35. The Morgan fingerprint density at radius 3 is 2.73 bits per heavy atom. The van der Waals surface area contributed by atoms with Gasteiger partial charge in [0.15, 0.2) is 11.6 Å². The van der Waals surface area contributed by atoms with Crippen molar-refractivity contribution in [1.82, 2.24) is 14.5 Å². The largest absolute Gasteiger partial charge is 0.295 e. The summed E-state index contributed by atoms with van der Waals surface area (Å²) in [5, 5.41) is -0.252. The van der Waals surface area contributed by atoms with Gasteiger partial charge in [0, 0.05) is 13.1 Å². The molecular formula is C20H27F2N3O. The van der Waals surface area contributed by atoms with Crippen molar-refractivity contribution < 1.29 is 8.78 Å². The van der Waals surface area contributed by atoms with Gasteiger partial charge in [-0.25, -0.2) is 13.8 Å². The van der Waals surface area contributed by atoms with Gasteiger partial charge in [0.05, 0.1) is 11.6 Å². The van der Waals surface area contributed by atoms with Crippen molar-refractivity contribution in [2.24, 2.45) is 5.92 Å². The van der Waals surface area contributed by atoms with Gasteiger partial charge in [0.1, 0.15) is 11.2 Å². The van der Waals surface area contributed by atoms with E-state index in [0.717, 1.165) is 38.4 Å². The minimum Gasteiger partial charge on any atom is -0.295 e. The van der Waals surface area contributed by atoms with Crippen LogP contribution >= 0.6 is 0 Å². The van der Waals surface area contributed by atoms with Crippen molar-refractivity contribution in [3.8, 4) is 0 Å². The molecule has 1 aromatic heterocycles. The maximum Gasteiger partial charge on any atom is 0.264 e. The van der Waals surface area contributed by atoms with Crippen molar-refractivity contribution in [2.75, 3.05) is 13.1 Å². The van der Waals surface area contributed by atoms with E-state index in [4.69, 9.17) is 0 Å². The van der Waals surface area contributed by atoms with Crippen molar-refractivity contribution in [2.45, 2.75) is 59.0 Å². The van der Waals surface area contributed by atoms with Gasteiger partial charge in [-0.3, -0.25) is 14.3 Å². The molecule has 0 N–H and O–H groups in total. The highest BCUT2D eigenvalue weighted by Crippen LogP contribution is 2.30. The summed E-state index contributed by atoms with van der Waals surface area (Å²) in [5.74, 6) is -0.835. The van der Waals surface area contributed by atoms with E-state index in [1.165, 1.54) is 17.1 Å². The first kappa shape index (κ1) is 19.0. The maximum absolute atomic E-state index is 14.2. The lowest BCUT2D eigenvalue weighted by atomic mass is 9.97. The zero-order valence-electron chi connectivity index (χ0n) is 15.8. The van der Waals surface area contributed by atoms with Crippen LogP contribution in [0.25, 0.3) is 10.9 Å². The number of aromatic nitrogens is 2. The quantitative estimate of drug-likeness (QED) is 0.796. The fraction of sp³-hybridized carbons (Fsp3) is 0.600. The van der Waals surface area contributed by atoms with Crippen LogP contribution in [-0.4, -0.2) is 27.5 Å². The van der Waals surface area contributed by atoms with Crippen LogP contribution in [0.1, 0.15) is 58.3 Å². The summed E-state index contributed by atoms with van der Waals surface area (Å²) in [6, 6.07) is 2.47. The van der Waals surface area contributed by atoms with E-state index in [-0.39, 0.29) is 16.9 Å². The van der Waals surface area contributed by atoms with E-state index < -0.39 is 17.2 Å². The first-order valence-corrected chi connectivity index (χ1v) is 9.60. The molecule has 1 fully saturated rings. The highest BCUT2D eigenvalue weighted by atomic mass is 19.2. The van der Waals surface area contributed by atoms with Gasteiger partial charge >= 0.3 is 0 Å². The zero-order valence-corrected chi connectivity index (χ0v) is 15.8. The molecule has 1 aromatic carbocycles. The zero-order chi connectivity index (χ0) is 18.8. The van der Waals surface area contributed by atoms with Crippen molar-refractivity contribution in [1.29, 1.82) is 0 Å². The molecule has 26 heavy (non-hydrogen) atoms. The molecule has 4 nitrogen and oxygen atoms in total. The number of halogens is 2. The molecule has 2 atom stereocenters. The van der Waals surface area contributed by atoms with Crippen LogP contribution in [0.15, 0.2) is 16.9 Å². The molecule has 0 amide bonds. The molecule has 142 valence electrons. The first-order chi connectivity index (χ1) is 12.5. The molecule has 0 bridgehead atoms. The lowest BCUT2D eigenvalue weighted by Gasteiger charge is -2.37. The summed E-state index contributed by atoms with van der Waals surface area (Å²) in [4.78, 5) is 19.9. The smallest absolute Gasteiger partial charge is 0.264 e. The SMILES string of the molecule is CCC[C@H](c1nc2ccc(F)c(F)c2c(=O)n1CC)N1CCC[C@@H](C)C1. The fourth-order valence-corrected chi connectivity index (χ4v) is 4.08. The predicted molar refractivity (Wildman–Crippen MR) is 99.2 cm³/mol. The molecule has 0 saturated carbocycles. The van der Waals surface area contributed by atoms with E-state index in [9.17, 15) is 13.6 Å². The third kappa shape index (κ3) is 3.39. The molecule has 2 aromatic rings. The number of likely N-dealkylation sites (tertiary alicyclic amines) is 1. The van der Waals surface area contributed by atoms with E-state index in [0.29, 0.717) is 18.3 Å². The standard InChI is InChI=1S/C20H27F2N3O/c1-4-7-16(24-11-6-8-13(3)12-24)19-23-15-10-9-14(21)18(22)17(15)20(26)25(19)5-2/h9-10,13,16H,4-8,11-12H2,1-3H3/t13-,16-/m1/s1. The lowest BCUT2D eigenvalue weighted by molar-refractivity contribution is 0.115. The topological polar surface area (TPSA) is 38.1 Å². The van der Waals surface area contributed by atoms with Gasteiger partial charge in [0.2, 0.25) is 0 Å². The summed E-state index contributed by atoms with van der Waals surface area (Å²) in [6.45, 7) is 8.54. The minimum atomic E-state index is -1.10. The van der Waals surface area contributed by atoms with Gasteiger partial charge in [-0.15, -0.1) is 0 Å². The molecule has 1 aliphatic rings. The highest BCUT2D eigenvalue weighted by molar-refractivity contribution is 5.78. The normalized spacial score (nSPS) is 19.8. The average molecular weight is 363 g/mol. The monoisotopic (exact) mass is 363 g/mol. The molecule has 1 aliphatic heterocycles. The van der Waals surface area contributed by atoms with Gasteiger partial charge in [-0.05, 0) is 50.8 Å². The Bertz CT molecular complexity index is 849. The second-order valence-electron chi connectivity index (χ2n) is 7.32. The maximum atomic E-state index is 14.2. The second kappa shape index (κ2) is 7.82. The number of benzene rings is 1. The van der Waals surface area contributed by atoms with Crippen LogP contribution < -0.4 is 5.56 Å². The first-order valence-electron chi connectivity index (χ1n) is 9.60. The Balaban J connectivity index is 2.17. The Kier molecular flexibility index (Phi) is 5.70. The third-order valence-corrected chi connectivity index (χ3v) is 5.35. The Hall–Kier alpha value is -1.82. The Morgan fingerprint density at radius 2 is 2.08 bits per heavy atom. The Morgan fingerprint density at radius 1 is 1.31 bits per heavy atom. The van der Waals surface area contributed by atoms with Crippen LogP contribution in [0.3, 0.4) is 0 Å². The van der Waals surface area contributed by atoms with Gasteiger partial charge < -0.3 is 0 Å². The molecule has 0 aliphatic carbocycles. The highest BCUT2D eigenvalue weighted by Gasteiger charge is 2.29. The number of piperidine rings is 1. The molecule has 0 unspecified atom stereocenters. The molecule has 6 heteroatoms. The van der Waals surface area contributed by atoms with Crippen LogP contribution in [0.4, 0.5) is 8.78 Å². The van der Waals surface area contributed by atoms with Crippen LogP contribution in [0, 0.1) is 17.6 Å². The van der Waals surface area contributed by atoms with E-state index in [2.05, 4.69) is 23.7 Å². The molecule has 1 saturated heterocycles. The molecule has 0 spiro atoms. The Labute approximate surface area is 152 Å². The molecule has 2 heterocycles. The number of hydrogen-bond acceptors (Lipinski definition) is 3. The summed E-state index contributed by atoms with van der Waals surface area (Å²) >= 11 is 0. The van der Waals surface area contributed by atoms with Crippen LogP contribution in [0.5, 0.6) is 0 Å². The van der Waals surface area contributed by atoms with E-state index >= 15 is 0 Å². The summed E-state index contributed by atoms with van der Waals surface area (Å²) < 4.78 is 29.4. The van der Waals surface area contributed by atoms with Crippen molar-refractivity contribution >= 4 is 10.9 Å².